The van der Waals surface area contributed by atoms with Crippen molar-refractivity contribution < 1.29 is 5.11 Å². The second-order valence-electron chi connectivity index (χ2n) is 1.56. The van der Waals surface area contributed by atoms with Crippen LogP contribution in [-0.2, 0) is 0 Å². The molecule has 1 rings (SSSR count). The molecule has 0 aromatic rings. The van der Waals surface area contributed by atoms with E-state index < -0.39 is 0 Å². The quantitative estimate of drug-likeness (QED) is 0.503. The Morgan fingerprint density at radius 3 is 2.88 bits per heavy atom. The Labute approximate surface area is 52.8 Å². The lowest BCUT2D eigenvalue weighted by atomic mass is 10.4. The molecule has 1 heterocycles. The van der Waals surface area contributed by atoms with E-state index in [1.807, 2.05) is 0 Å². The molecule has 8 heavy (non-hydrogen) atoms. The first-order chi connectivity index (χ1) is 3.79. The first kappa shape index (κ1) is 5.51. The van der Waals surface area contributed by atoms with Crippen LogP contribution in [0.5, 0.6) is 0 Å². The summed E-state index contributed by atoms with van der Waals surface area (Å²) >= 11 is 5.46. The first-order valence-electron chi connectivity index (χ1n) is 2.28. The van der Waals surface area contributed by atoms with Crippen LogP contribution in [-0.4, -0.2) is 16.1 Å². The van der Waals surface area contributed by atoms with Gasteiger partial charge in [-0.3, -0.25) is 4.42 Å². The predicted octanol–water partition coefficient (Wildman–Crippen LogP) is 1.41. The van der Waals surface area contributed by atoms with Crippen LogP contribution < -0.4 is 0 Å². The van der Waals surface area contributed by atoms with Crippen LogP contribution >= 0.6 is 11.8 Å². The number of aliphatic hydroxyl groups is 1. The predicted molar refractivity (Wildman–Crippen MR) is 32.4 cm³/mol. The fraction of sp³-hybridized carbons (Fsp3) is 0.200. The lowest BCUT2D eigenvalue weighted by Gasteiger charge is -2.11. The van der Waals surface area contributed by atoms with Crippen molar-refractivity contribution in [3.8, 4) is 0 Å². The molecule has 44 valence electrons. The molecule has 0 aromatic carbocycles. The van der Waals surface area contributed by atoms with Gasteiger partial charge in [-0.15, -0.1) is 0 Å². The Balaban J connectivity index is 2.59. The third-order valence-electron chi connectivity index (χ3n) is 0.849. The third kappa shape index (κ3) is 1.17. The molecule has 1 aliphatic heterocycles. The van der Waals surface area contributed by atoms with Gasteiger partial charge >= 0.3 is 0 Å². The molecule has 0 bridgehead atoms. The van der Waals surface area contributed by atoms with Crippen molar-refractivity contribution in [1.29, 1.82) is 0 Å². The highest BCUT2D eigenvalue weighted by molar-refractivity contribution is 6.14. The SMILES string of the molecule is OC1=CC=CN(Cl)C1. The van der Waals surface area contributed by atoms with Crippen LogP contribution in [0.25, 0.3) is 0 Å². The largest absolute Gasteiger partial charge is 0.510 e. The molecule has 0 radical (unpaired) electrons. The van der Waals surface area contributed by atoms with Gasteiger partial charge in [0.15, 0.2) is 0 Å². The van der Waals surface area contributed by atoms with Crippen molar-refractivity contribution >= 4 is 11.8 Å². The molecule has 0 saturated carbocycles. The Hall–Kier alpha value is -0.630. The van der Waals surface area contributed by atoms with E-state index in [4.69, 9.17) is 16.9 Å². The molecule has 0 spiro atoms. The zero-order chi connectivity index (χ0) is 5.98. The number of hydrogen-bond acceptors (Lipinski definition) is 2. The molecular formula is C5H6ClNO. The lowest BCUT2D eigenvalue weighted by Crippen LogP contribution is -2.10. The normalized spacial score (nSPS) is 18.6. The molecule has 1 N–H and O–H groups in total. The van der Waals surface area contributed by atoms with Gasteiger partial charge in [0.05, 0.1) is 6.54 Å². The number of rotatable bonds is 0. The molecule has 0 atom stereocenters. The number of nitrogens with zero attached hydrogens (tertiary/aromatic N) is 1. The van der Waals surface area contributed by atoms with Gasteiger partial charge in [0.25, 0.3) is 0 Å². The Bertz CT molecular complexity index is 141. The van der Waals surface area contributed by atoms with Crippen molar-refractivity contribution in [2.45, 2.75) is 0 Å². The van der Waals surface area contributed by atoms with Gasteiger partial charge in [-0.2, -0.15) is 0 Å². The molecule has 0 aliphatic carbocycles. The van der Waals surface area contributed by atoms with Crippen LogP contribution in [0, 0.1) is 0 Å². The van der Waals surface area contributed by atoms with E-state index in [0.717, 1.165) is 0 Å². The van der Waals surface area contributed by atoms with Crippen molar-refractivity contribution in [1.82, 2.24) is 4.42 Å². The minimum atomic E-state index is 0.294. The smallest absolute Gasteiger partial charge is 0.113 e. The summed E-state index contributed by atoms with van der Waals surface area (Å²) in [4.78, 5) is 0. The van der Waals surface area contributed by atoms with E-state index in [9.17, 15) is 0 Å². The molecule has 0 amide bonds. The van der Waals surface area contributed by atoms with Gasteiger partial charge in [-0.25, -0.2) is 0 Å². The second-order valence-corrected chi connectivity index (χ2v) is 1.99. The van der Waals surface area contributed by atoms with Gasteiger partial charge in [0.2, 0.25) is 0 Å². The highest BCUT2D eigenvalue weighted by Gasteiger charge is 2.00. The molecule has 0 aromatic heterocycles. The molecule has 0 fully saturated rings. The highest BCUT2D eigenvalue weighted by Crippen LogP contribution is 2.05. The molecule has 3 heteroatoms. The zero-order valence-electron chi connectivity index (χ0n) is 4.21. The summed E-state index contributed by atoms with van der Waals surface area (Å²) in [7, 11) is 0. The van der Waals surface area contributed by atoms with Crippen molar-refractivity contribution in [2.24, 2.45) is 0 Å². The van der Waals surface area contributed by atoms with Gasteiger partial charge in [-0.1, -0.05) is 0 Å². The van der Waals surface area contributed by atoms with Crippen molar-refractivity contribution in [2.75, 3.05) is 6.54 Å². The molecule has 2 nitrogen and oxygen atoms in total. The number of halogens is 1. The average molecular weight is 132 g/mol. The Morgan fingerprint density at radius 2 is 2.50 bits per heavy atom. The first-order valence-corrected chi connectivity index (χ1v) is 2.61. The minimum absolute atomic E-state index is 0.294. The lowest BCUT2D eigenvalue weighted by molar-refractivity contribution is 0.368. The maximum Gasteiger partial charge on any atom is 0.113 e. The Morgan fingerprint density at radius 1 is 1.75 bits per heavy atom. The average Bonchev–Trinajstić information content (AvgIpc) is 1.64. The monoisotopic (exact) mass is 131 g/mol. The van der Waals surface area contributed by atoms with Crippen LogP contribution in [0.2, 0.25) is 0 Å². The van der Waals surface area contributed by atoms with Gasteiger partial charge in [0, 0.05) is 18.0 Å². The standard InChI is InChI=1S/C5H6ClNO/c6-7-3-1-2-5(8)4-7/h1-3,8H,4H2. The Kier molecular flexibility index (Phi) is 1.44. The highest BCUT2D eigenvalue weighted by atomic mass is 35.5. The number of aliphatic hydroxyl groups excluding tert-OH is 1. The van der Waals surface area contributed by atoms with E-state index in [1.165, 1.54) is 4.42 Å². The van der Waals surface area contributed by atoms with E-state index >= 15 is 0 Å². The molecular weight excluding hydrogens is 126 g/mol. The van der Waals surface area contributed by atoms with Crippen molar-refractivity contribution in [3.63, 3.8) is 0 Å². The molecule has 1 aliphatic rings. The molecule has 0 saturated heterocycles. The van der Waals surface area contributed by atoms with E-state index in [1.54, 1.807) is 18.4 Å². The summed E-state index contributed by atoms with van der Waals surface area (Å²) in [5, 5.41) is 8.76. The summed E-state index contributed by atoms with van der Waals surface area (Å²) in [6, 6.07) is 0. The fourth-order valence-electron chi connectivity index (χ4n) is 0.508. The van der Waals surface area contributed by atoms with Crippen LogP contribution in [0.4, 0.5) is 0 Å². The van der Waals surface area contributed by atoms with Gasteiger partial charge in [0.1, 0.15) is 5.76 Å². The summed E-state index contributed by atoms with van der Waals surface area (Å²) in [6.45, 7) is 0.401. The van der Waals surface area contributed by atoms with Gasteiger partial charge in [-0.05, 0) is 12.2 Å². The van der Waals surface area contributed by atoms with Crippen molar-refractivity contribution in [3.05, 3.63) is 24.1 Å². The van der Waals surface area contributed by atoms with E-state index in [-0.39, 0.29) is 0 Å². The van der Waals surface area contributed by atoms with E-state index in [0.29, 0.717) is 12.3 Å². The minimum Gasteiger partial charge on any atom is -0.510 e. The fourth-order valence-corrected chi connectivity index (χ4v) is 0.695. The maximum absolute atomic E-state index is 8.76. The van der Waals surface area contributed by atoms with Crippen LogP contribution in [0.1, 0.15) is 0 Å². The number of hydrogen-bond donors (Lipinski definition) is 1. The van der Waals surface area contributed by atoms with Crippen LogP contribution in [0.15, 0.2) is 24.1 Å². The van der Waals surface area contributed by atoms with E-state index in [2.05, 4.69) is 0 Å². The molecule has 0 unspecified atom stereocenters. The third-order valence-corrected chi connectivity index (χ3v) is 1.08. The summed E-state index contributed by atoms with van der Waals surface area (Å²) < 4.78 is 1.38. The second kappa shape index (κ2) is 2.09. The number of allylic oxidation sites excluding steroid dienone is 2. The zero-order valence-corrected chi connectivity index (χ0v) is 4.97. The van der Waals surface area contributed by atoms with Gasteiger partial charge < -0.3 is 5.11 Å². The topological polar surface area (TPSA) is 23.5 Å². The van der Waals surface area contributed by atoms with Crippen LogP contribution in [0.3, 0.4) is 0 Å². The summed E-state index contributed by atoms with van der Waals surface area (Å²) in [5.74, 6) is 0.294. The summed E-state index contributed by atoms with van der Waals surface area (Å²) in [5.41, 5.74) is 0. The summed E-state index contributed by atoms with van der Waals surface area (Å²) in [6.07, 6.45) is 4.98. The maximum atomic E-state index is 8.76.